The first kappa shape index (κ1) is 24.0. The molecule has 5 rings (SSSR count). The summed E-state index contributed by atoms with van der Waals surface area (Å²) >= 11 is 7.29. The highest BCUT2D eigenvalue weighted by molar-refractivity contribution is 7.99. The molecule has 36 heavy (non-hydrogen) atoms. The number of benzene rings is 3. The Morgan fingerprint density at radius 2 is 1.78 bits per heavy atom. The highest BCUT2D eigenvalue weighted by atomic mass is 35.5. The number of para-hydroxylation sites is 2. The number of nitrogens with zero attached hydrogens (tertiary/aromatic N) is 4. The second-order valence-corrected chi connectivity index (χ2v) is 9.41. The molecule has 0 saturated heterocycles. The minimum atomic E-state index is -0.706. The van der Waals surface area contributed by atoms with Crippen LogP contribution in [0, 0.1) is 5.82 Å². The average molecular weight is 522 g/mol. The van der Waals surface area contributed by atoms with E-state index in [1.165, 1.54) is 30.0 Å². The van der Waals surface area contributed by atoms with Crippen LogP contribution in [-0.2, 0) is 17.8 Å². The lowest BCUT2D eigenvalue weighted by atomic mass is 10.2. The molecule has 0 unspecified atom stereocenters. The van der Waals surface area contributed by atoms with Crippen LogP contribution in [-0.4, -0.2) is 38.9 Å². The molecule has 10 heteroatoms. The van der Waals surface area contributed by atoms with Gasteiger partial charge in [0.05, 0.1) is 22.9 Å². The number of anilines is 1. The first-order valence-corrected chi connectivity index (χ1v) is 12.6. The maximum Gasteiger partial charge on any atom is 0.256 e. The molecule has 0 aliphatic carbocycles. The van der Waals surface area contributed by atoms with Gasteiger partial charge < -0.3 is 10.2 Å². The first-order chi connectivity index (χ1) is 17.5. The normalized spacial score (nSPS) is 12.4. The van der Waals surface area contributed by atoms with Gasteiger partial charge in [-0.1, -0.05) is 65.8 Å². The quantitative estimate of drug-likeness (QED) is 0.357. The third kappa shape index (κ3) is 4.84. The number of rotatable bonds is 7. The third-order valence-corrected chi connectivity index (χ3v) is 7.05. The summed E-state index contributed by atoms with van der Waals surface area (Å²) in [5, 5.41) is 11.7. The van der Waals surface area contributed by atoms with Gasteiger partial charge in [-0.3, -0.25) is 14.2 Å². The smallest absolute Gasteiger partial charge is 0.256 e. The fourth-order valence-corrected chi connectivity index (χ4v) is 5.20. The monoisotopic (exact) mass is 521 g/mol. The molecule has 4 aromatic rings. The van der Waals surface area contributed by atoms with Crippen LogP contribution in [0.4, 0.5) is 10.1 Å². The minimum Gasteiger partial charge on any atom is -0.345 e. The number of hydrogen-bond acceptors (Lipinski definition) is 5. The van der Waals surface area contributed by atoms with E-state index < -0.39 is 11.7 Å². The molecule has 1 aromatic heterocycles. The lowest BCUT2D eigenvalue weighted by Crippen LogP contribution is -2.30. The van der Waals surface area contributed by atoms with Crippen LogP contribution in [0.25, 0.3) is 5.69 Å². The van der Waals surface area contributed by atoms with Gasteiger partial charge in [-0.25, -0.2) is 4.39 Å². The molecule has 1 aliphatic heterocycles. The predicted octanol–water partition coefficient (Wildman–Crippen LogP) is 4.67. The number of amides is 2. The summed E-state index contributed by atoms with van der Waals surface area (Å²) < 4.78 is 15.9. The van der Waals surface area contributed by atoms with Gasteiger partial charge in [0.1, 0.15) is 5.82 Å². The molecule has 7 nitrogen and oxygen atoms in total. The summed E-state index contributed by atoms with van der Waals surface area (Å²) in [6.45, 7) is 0.638. The Morgan fingerprint density at radius 3 is 2.58 bits per heavy atom. The van der Waals surface area contributed by atoms with Crippen molar-refractivity contribution in [3.63, 3.8) is 0 Å². The Bertz CT molecular complexity index is 1410. The Kier molecular flexibility index (Phi) is 7.02. The summed E-state index contributed by atoms with van der Waals surface area (Å²) in [7, 11) is 0. The van der Waals surface area contributed by atoms with E-state index in [2.05, 4.69) is 15.5 Å². The van der Waals surface area contributed by atoms with Crippen molar-refractivity contribution in [1.82, 2.24) is 20.1 Å². The largest absolute Gasteiger partial charge is 0.345 e. The van der Waals surface area contributed by atoms with Crippen molar-refractivity contribution in [2.24, 2.45) is 0 Å². The van der Waals surface area contributed by atoms with Gasteiger partial charge in [0.2, 0.25) is 5.91 Å². The number of carbonyl (C=O) groups excluding carboxylic acids is 2. The van der Waals surface area contributed by atoms with Gasteiger partial charge in [0, 0.05) is 17.9 Å². The molecule has 0 bridgehead atoms. The Morgan fingerprint density at radius 1 is 1.00 bits per heavy atom. The maximum atomic E-state index is 14.2. The first-order valence-electron chi connectivity index (χ1n) is 11.3. The van der Waals surface area contributed by atoms with Crippen molar-refractivity contribution in [3.8, 4) is 5.69 Å². The number of fused-ring (bicyclic) bond motifs is 1. The van der Waals surface area contributed by atoms with E-state index >= 15 is 0 Å². The zero-order valence-electron chi connectivity index (χ0n) is 19.0. The number of thioether (sulfide) groups is 1. The van der Waals surface area contributed by atoms with Gasteiger partial charge in [0.15, 0.2) is 11.0 Å². The number of nitrogens with one attached hydrogen (secondary N) is 1. The van der Waals surface area contributed by atoms with Crippen LogP contribution in [0.2, 0.25) is 5.02 Å². The van der Waals surface area contributed by atoms with Crippen LogP contribution in [0.5, 0.6) is 0 Å². The summed E-state index contributed by atoms with van der Waals surface area (Å²) in [5.74, 6) is -0.767. The fourth-order valence-electron chi connectivity index (χ4n) is 4.11. The second kappa shape index (κ2) is 10.5. The summed E-state index contributed by atoms with van der Waals surface area (Å²) in [6.07, 6.45) is 0.836. The fraction of sp³-hybridized carbons (Fsp3) is 0.154. The molecule has 0 radical (unpaired) electrons. The number of halogens is 2. The van der Waals surface area contributed by atoms with Gasteiger partial charge in [-0.05, 0) is 42.3 Å². The molecular formula is C26H21ClFN5O2S. The molecular weight excluding hydrogens is 501 g/mol. The van der Waals surface area contributed by atoms with Crippen molar-refractivity contribution < 1.29 is 14.0 Å². The SMILES string of the molecule is O=C(NCc1nnc(SCC(=O)N2CCc3ccccc32)n1-c1ccccc1)c1c(F)cccc1Cl. The van der Waals surface area contributed by atoms with Crippen molar-refractivity contribution in [1.29, 1.82) is 0 Å². The van der Waals surface area contributed by atoms with E-state index in [9.17, 15) is 14.0 Å². The van der Waals surface area contributed by atoms with Gasteiger partial charge in [0.25, 0.3) is 5.91 Å². The summed E-state index contributed by atoms with van der Waals surface area (Å²) in [5.41, 5.74) is 2.66. The van der Waals surface area contributed by atoms with E-state index in [-0.39, 0.29) is 28.8 Å². The molecule has 0 atom stereocenters. The maximum absolute atomic E-state index is 14.2. The van der Waals surface area contributed by atoms with Gasteiger partial charge in [-0.15, -0.1) is 10.2 Å². The number of hydrogen-bond donors (Lipinski definition) is 1. The van der Waals surface area contributed by atoms with Crippen LogP contribution >= 0.6 is 23.4 Å². The van der Waals surface area contributed by atoms with Crippen molar-refractivity contribution in [2.75, 3.05) is 17.2 Å². The summed E-state index contributed by atoms with van der Waals surface area (Å²) in [4.78, 5) is 27.4. The molecule has 1 N–H and O–H groups in total. The molecule has 0 spiro atoms. The Hall–Kier alpha value is -3.69. The van der Waals surface area contributed by atoms with Crippen LogP contribution in [0.1, 0.15) is 21.7 Å². The molecule has 3 aromatic carbocycles. The van der Waals surface area contributed by atoms with Crippen molar-refractivity contribution in [2.45, 2.75) is 18.1 Å². The molecule has 182 valence electrons. The lowest BCUT2D eigenvalue weighted by Gasteiger charge is -2.17. The topological polar surface area (TPSA) is 80.1 Å². The van der Waals surface area contributed by atoms with E-state index in [4.69, 9.17) is 11.6 Å². The van der Waals surface area contributed by atoms with Crippen LogP contribution in [0.3, 0.4) is 0 Å². The third-order valence-electron chi connectivity index (χ3n) is 5.82. The Balaban J connectivity index is 1.34. The highest BCUT2D eigenvalue weighted by Gasteiger charge is 2.25. The van der Waals surface area contributed by atoms with Crippen molar-refractivity contribution in [3.05, 3.63) is 101 Å². The van der Waals surface area contributed by atoms with Crippen LogP contribution in [0.15, 0.2) is 78.0 Å². The highest BCUT2D eigenvalue weighted by Crippen LogP contribution is 2.29. The standard InChI is InChI=1S/C26H21ClFN5O2S/c27-19-10-6-11-20(28)24(19)25(35)29-15-22-30-31-26(33(22)18-8-2-1-3-9-18)36-16-23(34)32-14-13-17-7-4-5-12-21(17)32/h1-12H,13-16H2,(H,29,35). The summed E-state index contributed by atoms with van der Waals surface area (Å²) in [6, 6.07) is 21.4. The van der Waals surface area contributed by atoms with Gasteiger partial charge in [-0.2, -0.15) is 0 Å². The molecule has 2 amide bonds. The van der Waals surface area contributed by atoms with E-state index in [1.54, 1.807) is 9.47 Å². The number of aromatic nitrogens is 3. The number of carbonyl (C=O) groups is 2. The zero-order valence-corrected chi connectivity index (χ0v) is 20.6. The predicted molar refractivity (Wildman–Crippen MR) is 137 cm³/mol. The minimum absolute atomic E-state index is 0.0145. The van der Waals surface area contributed by atoms with Crippen LogP contribution < -0.4 is 10.2 Å². The van der Waals surface area contributed by atoms with E-state index in [1.807, 2.05) is 54.6 Å². The molecule has 2 heterocycles. The zero-order chi connectivity index (χ0) is 25.1. The van der Waals surface area contributed by atoms with Gasteiger partial charge >= 0.3 is 0 Å². The lowest BCUT2D eigenvalue weighted by molar-refractivity contribution is -0.116. The van der Waals surface area contributed by atoms with Crippen molar-refractivity contribution >= 4 is 40.9 Å². The second-order valence-electron chi connectivity index (χ2n) is 8.06. The van der Waals surface area contributed by atoms with E-state index in [0.717, 1.165) is 23.4 Å². The molecule has 0 saturated carbocycles. The molecule has 0 fully saturated rings. The average Bonchev–Trinajstić information content (AvgIpc) is 3.51. The molecule has 1 aliphatic rings. The Labute approximate surface area is 216 Å². The van der Waals surface area contributed by atoms with E-state index in [0.29, 0.717) is 17.5 Å².